The van der Waals surface area contributed by atoms with Crippen molar-refractivity contribution < 1.29 is 0 Å². The summed E-state index contributed by atoms with van der Waals surface area (Å²) < 4.78 is 0. The molecule has 2 N–H and O–H groups in total. The Balaban J connectivity index is 1.81. The summed E-state index contributed by atoms with van der Waals surface area (Å²) in [7, 11) is 0. The molecule has 3 rings (SSSR count). The molecule has 3 heteroatoms. The van der Waals surface area contributed by atoms with Crippen LogP contribution in [0.4, 0.5) is 5.69 Å². The number of aryl methyl sites for hydroxylation is 1. The minimum absolute atomic E-state index is 0.142. The largest absolute Gasteiger partial charge is 0.369 e. The molecule has 114 valence electrons. The third-order valence-corrected chi connectivity index (χ3v) is 5.26. The molecule has 3 nitrogen and oxygen atoms in total. The normalized spacial score (nSPS) is 29.0. The quantitative estimate of drug-likeness (QED) is 0.916. The lowest BCUT2D eigenvalue weighted by molar-refractivity contribution is 0.238. The molecule has 1 aliphatic carbocycles. The Morgan fingerprint density at radius 1 is 1.24 bits per heavy atom. The molecule has 0 bridgehead atoms. The van der Waals surface area contributed by atoms with Gasteiger partial charge in [0, 0.05) is 5.69 Å². The summed E-state index contributed by atoms with van der Waals surface area (Å²) in [5.74, 6) is 1.61. The number of hydrogen-bond donors (Lipinski definition) is 1. The number of nitrogens with zero attached hydrogens (tertiary/aromatic N) is 2. The number of anilines is 1. The van der Waals surface area contributed by atoms with Crippen molar-refractivity contribution in [2.24, 2.45) is 16.6 Å². The molecule has 1 saturated carbocycles. The summed E-state index contributed by atoms with van der Waals surface area (Å²) >= 11 is 0. The van der Waals surface area contributed by atoms with Crippen molar-refractivity contribution in [2.45, 2.75) is 57.9 Å². The van der Waals surface area contributed by atoms with E-state index in [4.69, 9.17) is 5.73 Å². The van der Waals surface area contributed by atoms with Crippen molar-refractivity contribution >= 4 is 11.6 Å². The van der Waals surface area contributed by atoms with Gasteiger partial charge in [-0.25, -0.2) is 0 Å². The standard InChI is InChI=1S/C18H27N3/c1-3-4-15-9-11-18(12-10-15)13-20-17(19)21(18)16-7-5-14(2)6-8-16/h5-8,15H,3-4,9-13H2,1-2H3,(H2,19,20). The molecule has 0 aromatic heterocycles. The summed E-state index contributed by atoms with van der Waals surface area (Å²) in [6, 6.07) is 8.69. The average Bonchev–Trinajstić information content (AvgIpc) is 2.80. The zero-order valence-electron chi connectivity index (χ0n) is 13.3. The van der Waals surface area contributed by atoms with Gasteiger partial charge in [-0.3, -0.25) is 4.99 Å². The molecule has 21 heavy (non-hydrogen) atoms. The molecule has 0 saturated heterocycles. The molecular formula is C18H27N3. The Bertz CT molecular complexity index is 510. The molecule has 0 unspecified atom stereocenters. The SMILES string of the molecule is CCCC1CCC2(CC1)CN=C(N)N2c1ccc(C)cc1. The fourth-order valence-electron chi connectivity index (χ4n) is 4.01. The minimum atomic E-state index is 0.142. The monoisotopic (exact) mass is 285 g/mol. The van der Waals surface area contributed by atoms with E-state index in [1.165, 1.54) is 49.8 Å². The Labute approximate surface area is 128 Å². The van der Waals surface area contributed by atoms with Gasteiger partial charge in [0.15, 0.2) is 5.96 Å². The second-order valence-electron chi connectivity index (χ2n) is 6.80. The van der Waals surface area contributed by atoms with Gasteiger partial charge in [0.05, 0.1) is 12.1 Å². The van der Waals surface area contributed by atoms with E-state index in [2.05, 4.69) is 48.0 Å². The van der Waals surface area contributed by atoms with Crippen LogP contribution in [0.5, 0.6) is 0 Å². The highest BCUT2D eigenvalue weighted by atomic mass is 15.4. The second-order valence-corrected chi connectivity index (χ2v) is 6.80. The fraction of sp³-hybridized carbons (Fsp3) is 0.611. The predicted molar refractivity (Wildman–Crippen MR) is 89.7 cm³/mol. The van der Waals surface area contributed by atoms with E-state index in [1.54, 1.807) is 0 Å². The molecule has 2 aliphatic rings. The van der Waals surface area contributed by atoms with Crippen LogP contribution in [0.15, 0.2) is 29.3 Å². The van der Waals surface area contributed by atoms with Gasteiger partial charge < -0.3 is 10.6 Å². The van der Waals surface area contributed by atoms with Crippen molar-refractivity contribution in [3.8, 4) is 0 Å². The summed E-state index contributed by atoms with van der Waals surface area (Å²) in [6.07, 6.45) is 7.75. The van der Waals surface area contributed by atoms with Gasteiger partial charge in [-0.1, -0.05) is 37.5 Å². The van der Waals surface area contributed by atoms with E-state index in [0.717, 1.165) is 12.5 Å². The van der Waals surface area contributed by atoms with Gasteiger partial charge in [-0.05, 0) is 50.7 Å². The van der Waals surface area contributed by atoms with Crippen molar-refractivity contribution in [1.29, 1.82) is 0 Å². The lowest BCUT2D eigenvalue weighted by Crippen LogP contribution is -2.53. The van der Waals surface area contributed by atoms with E-state index in [1.807, 2.05) is 0 Å². The molecule has 1 aromatic rings. The molecule has 1 spiro atoms. The molecular weight excluding hydrogens is 258 g/mol. The van der Waals surface area contributed by atoms with Crippen molar-refractivity contribution in [3.05, 3.63) is 29.8 Å². The first kappa shape index (κ1) is 14.4. The van der Waals surface area contributed by atoms with Gasteiger partial charge in [0.1, 0.15) is 0 Å². The van der Waals surface area contributed by atoms with Crippen LogP contribution in [0, 0.1) is 12.8 Å². The fourth-order valence-corrected chi connectivity index (χ4v) is 4.01. The van der Waals surface area contributed by atoms with Crippen LogP contribution in [0.1, 0.15) is 51.0 Å². The first-order chi connectivity index (χ1) is 10.1. The van der Waals surface area contributed by atoms with Gasteiger partial charge in [0.25, 0.3) is 0 Å². The predicted octanol–water partition coefficient (Wildman–Crippen LogP) is 3.86. The summed E-state index contributed by atoms with van der Waals surface area (Å²) in [5.41, 5.74) is 8.85. The molecule has 0 amide bonds. The smallest absolute Gasteiger partial charge is 0.196 e. The number of guanidine groups is 1. The summed E-state index contributed by atoms with van der Waals surface area (Å²) in [4.78, 5) is 6.90. The Hall–Kier alpha value is -1.51. The van der Waals surface area contributed by atoms with E-state index in [9.17, 15) is 0 Å². The van der Waals surface area contributed by atoms with Gasteiger partial charge in [-0.15, -0.1) is 0 Å². The van der Waals surface area contributed by atoms with Crippen LogP contribution in [0.25, 0.3) is 0 Å². The molecule has 1 fully saturated rings. The number of hydrogen-bond acceptors (Lipinski definition) is 3. The second kappa shape index (κ2) is 5.70. The molecule has 1 aromatic carbocycles. The Morgan fingerprint density at radius 2 is 1.90 bits per heavy atom. The summed E-state index contributed by atoms with van der Waals surface area (Å²) in [5, 5.41) is 0. The zero-order valence-corrected chi connectivity index (χ0v) is 13.3. The molecule has 1 heterocycles. The molecule has 0 radical (unpaired) electrons. The van der Waals surface area contributed by atoms with Crippen LogP contribution in [-0.2, 0) is 0 Å². The number of rotatable bonds is 3. The van der Waals surface area contributed by atoms with Crippen molar-refractivity contribution in [3.63, 3.8) is 0 Å². The van der Waals surface area contributed by atoms with Crippen LogP contribution >= 0.6 is 0 Å². The van der Waals surface area contributed by atoms with Crippen LogP contribution < -0.4 is 10.6 Å². The maximum Gasteiger partial charge on any atom is 0.196 e. The minimum Gasteiger partial charge on any atom is -0.369 e. The topological polar surface area (TPSA) is 41.6 Å². The van der Waals surface area contributed by atoms with Crippen LogP contribution in [0.3, 0.4) is 0 Å². The Morgan fingerprint density at radius 3 is 2.52 bits per heavy atom. The highest BCUT2D eigenvalue weighted by Gasteiger charge is 2.45. The van der Waals surface area contributed by atoms with Gasteiger partial charge >= 0.3 is 0 Å². The number of nitrogens with two attached hydrogens (primary N) is 1. The molecule has 1 aliphatic heterocycles. The lowest BCUT2D eigenvalue weighted by Gasteiger charge is -2.44. The van der Waals surface area contributed by atoms with E-state index < -0.39 is 0 Å². The third kappa shape index (κ3) is 2.66. The first-order valence-corrected chi connectivity index (χ1v) is 8.31. The van der Waals surface area contributed by atoms with Crippen molar-refractivity contribution in [2.75, 3.05) is 11.4 Å². The summed E-state index contributed by atoms with van der Waals surface area (Å²) in [6.45, 7) is 5.28. The lowest BCUT2D eigenvalue weighted by atomic mass is 9.74. The van der Waals surface area contributed by atoms with E-state index >= 15 is 0 Å². The van der Waals surface area contributed by atoms with Crippen LogP contribution in [0.2, 0.25) is 0 Å². The van der Waals surface area contributed by atoms with Crippen molar-refractivity contribution in [1.82, 2.24) is 0 Å². The maximum atomic E-state index is 6.22. The average molecular weight is 285 g/mol. The maximum absolute atomic E-state index is 6.22. The third-order valence-electron chi connectivity index (χ3n) is 5.26. The zero-order chi connectivity index (χ0) is 14.9. The Kier molecular flexibility index (Phi) is 3.92. The first-order valence-electron chi connectivity index (χ1n) is 8.31. The van der Waals surface area contributed by atoms with E-state index in [-0.39, 0.29) is 5.54 Å². The molecule has 0 atom stereocenters. The highest BCUT2D eigenvalue weighted by molar-refractivity contribution is 5.98. The van der Waals surface area contributed by atoms with E-state index in [0.29, 0.717) is 5.96 Å². The number of benzene rings is 1. The van der Waals surface area contributed by atoms with Crippen LogP contribution in [-0.4, -0.2) is 18.0 Å². The number of aliphatic imine (C=N–C) groups is 1. The van der Waals surface area contributed by atoms with Gasteiger partial charge in [-0.2, -0.15) is 0 Å². The highest BCUT2D eigenvalue weighted by Crippen LogP contribution is 2.42. The van der Waals surface area contributed by atoms with Gasteiger partial charge in [0.2, 0.25) is 0 Å².